The Balaban J connectivity index is 1.49. The maximum atomic E-state index is 13.9. The van der Waals surface area contributed by atoms with Gasteiger partial charge in [0.05, 0.1) is 22.3 Å². The Labute approximate surface area is 280 Å². The van der Waals surface area contributed by atoms with Crippen molar-refractivity contribution >= 4 is 90.2 Å². The molecular weight excluding hydrogens is 644 g/mol. The van der Waals surface area contributed by atoms with Crippen LogP contribution in [0.4, 0.5) is 11.4 Å². The Kier molecular flexibility index (Phi) is 7.33. The fourth-order valence-corrected chi connectivity index (χ4v) is 6.41. The zero-order valence-corrected chi connectivity index (χ0v) is 25.5. The smallest absolute Gasteiger partial charge is 0.336 e. The average molecular weight is 667 g/mol. The van der Waals surface area contributed by atoms with Crippen LogP contribution in [0.15, 0.2) is 97.1 Å². The quantitative estimate of drug-likeness (QED) is 0.0720. The van der Waals surface area contributed by atoms with Crippen molar-refractivity contribution in [3.05, 3.63) is 130 Å². The van der Waals surface area contributed by atoms with E-state index in [1.165, 1.54) is 72.8 Å². The van der Waals surface area contributed by atoms with Crippen molar-refractivity contribution in [2.45, 2.75) is 0 Å². The first kappa shape index (κ1) is 31.3. The van der Waals surface area contributed by atoms with Gasteiger partial charge in [-0.15, -0.1) is 0 Å². The number of carbonyl (C=O) groups is 6. The number of aromatic carboxylic acids is 4. The van der Waals surface area contributed by atoms with Crippen LogP contribution < -0.4 is 10.6 Å². The van der Waals surface area contributed by atoms with Crippen molar-refractivity contribution in [1.29, 1.82) is 0 Å². The first-order valence-corrected chi connectivity index (χ1v) is 14.9. The van der Waals surface area contributed by atoms with Gasteiger partial charge in [0.15, 0.2) is 0 Å². The Bertz CT molecular complexity index is 2450. The van der Waals surface area contributed by atoms with Crippen molar-refractivity contribution in [2.24, 2.45) is 0 Å². The molecule has 7 rings (SSSR count). The van der Waals surface area contributed by atoms with E-state index in [4.69, 9.17) is 0 Å². The molecule has 0 aromatic heterocycles. The number of carboxylic acids is 4. The van der Waals surface area contributed by atoms with E-state index >= 15 is 0 Å². The van der Waals surface area contributed by atoms with Gasteiger partial charge in [-0.05, 0) is 105 Å². The van der Waals surface area contributed by atoms with Gasteiger partial charge in [0.1, 0.15) is 0 Å². The number of fused-ring (bicyclic) bond motifs is 2. The second-order valence-corrected chi connectivity index (χ2v) is 11.4. The lowest BCUT2D eigenvalue weighted by Crippen LogP contribution is -2.17. The fraction of sp³-hybridized carbons (Fsp3) is 0. The van der Waals surface area contributed by atoms with E-state index in [1.54, 1.807) is 24.3 Å². The molecule has 0 spiro atoms. The molecule has 6 N–H and O–H groups in total. The van der Waals surface area contributed by atoms with Gasteiger partial charge >= 0.3 is 23.9 Å². The highest BCUT2D eigenvalue weighted by Gasteiger charge is 2.26. The van der Waals surface area contributed by atoms with Gasteiger partial charge in [-0.3, -0.25) is 9.59 Å². The van der Waals surface area contributed by atoms with E-state index in [9.17, 15) is 49.2 Å². The first-order valence-electron chi connectivity index (χ1n) is 14.9. The van der Waals surface area contributed by atoms with Crippen LogP contribution >= 0.6 is 0 Å². The summed E-state index contributed by atoms with van der Waals surface area (Å²) in [7, 11) is 0. The lowest BCUT2D eigenvalue weighted by atomic mass is 9.84. The van der Waals surface area contributed by atoms with E-state index in [1.807, 2.05) is 0 Å². The maximum Gasteiger partial charge on any atom is 0.336 e. The van der Waals surface area contributed by atoms with Gasteiger partial charge in [-0.2, -0.15) is 0 Å². The van der Waals surface area contributed by atoms with Gasteiger partial charge in [-0.25, -0.2) is 19.2 Å². The predicted octanol–water partition coefficient (Wildman–Crippen LogP) is 7.03. The molecule has 0 radical (unpaired) electrons. The van der Waals surface area contributed by atoms with E-state index in [0.717, 1.165) is 0 Å². The summed E-state index contributed by atoms with van der Waals surface area (Å²) in [6.07, 6.45) is 0. The number of benzene rings is 7. The zero-order valence-electron chi connectivity index (χ0n) is 25.5. The molecule has 0 heterocycles. The number of carbonyl (C=O) groups excluding carboxylic acids is 2. The molecule has 12 nitrogen and oxygen atoms in total. The predicted molar refractivity (Wildman–Crippen MR) is 184 cm³/mol. The van der Waals surface area contributed by atoms with Crippen LogP contribution in [-0.2, 0) is 0 Å². The van der Waals surface area contributed by atoms with Gasteiger partial charge < -0.3 is 31.1 Å². The lowest BCUT2D eigenvalue weighted by Gasteiger charge is -2.20. The van der Waals surface area contributed by atoms with E-state index in [-0.39, 0.29) is 44.2 Å². The summed E-state index contributed by atoms with van der Waals surface area (Å²) in [4.78, 5) is 75.1. The highest BCUT2D eigenvalue weighted by Crippen LogP contribution is 2.44. The molecule has 50 heavy (non-hydrogen) atoms. The topological polar surface area (TPSA) is 207 Å². The van der Waals surface area contributed by atoms with Crippen LogP contribution in [0, 0.1) is 0 Å². The minimum atomic E-state index is -1.31. The Morgan fingerprint density at radius 1 is 0.340 bits per heavy atom. The van der Waals surface area contributed by atoms with Crippen LogP contribution in [0.5, 0.6) is 0 Å². The third-order valence-electron chi connectivity index (χ3n) is 8.63. The Morgan fingerprint density at radius 2 is 0.640 bits per heavy atom. The molecule has 0 saturated heterocycles. The summed E-state index contributed by atoms with van der Waals surface area (Å²) in [6.45, 7) is 0. The number of nitrogens with one attached hydrogen (secondary N) is 2. The van der Waals surface area contributed by atoms with E-state index in [0.29, 0.717) is 43.7 Å². The molecule has 7 aromatic rings. The zero-order chi connectivity index (χ0) is 35.4. The third-order valence-corrected chi connectivity index (χ3v) is 8.63. The van der Waals surface area contributed by atoms with E-state index < -0.39 is 35.7 Å². The number of anilines is 2. The molecule has 0 aliphatic carbocycles. The highest BCUT2D eigenvalue weighted by molar-refractivity contribution is 6.39. The molecule has 2 amide bonds. The number of rotatable bonds is 8. The monoisotopic (exact) mass is 666 g/mol. The molecule has 0 fully saturated rings. The molecule has 0 atom stereocenters. The van der Waals surface area contributed by atoms with Crippen LogP contribution in [0.25, 0.3) is 43.1 Å². The summed E-state index contributed by atoms with van der Waals surface area (Å²) in [6, 6.07) is 23.1. The largest absolute Gasteiger partial charge is 0.478 e. The molecule has 0 aliphatic rings. The van der Waals surface area contributed by atoms with Crippen molar-refractivity contribution in [2.75, 3.05) is 10.6 Å². The van der Waals surface area contributed by atoms with Crippen LogP contribution in [0.1, 0.15) is 62.1 Å². The fourth-order valence-electron chi connectivity index (χ4n) is 6.41. The number of amides is 2. The number of hydrogen-bond donors (Lipinski definition) is 6. The normalized spacial score (nSPS) is 11.2. The second kappa shape index (κ2) is 11.7. The summed E-state index contributed by atoms with van der Waals surface area (Å²) < 4.78 is 0. The third kappa shape index (κ3) is 5.04. The standard InChI is InChI=1S/C38H22N2O10/c41-33(39-19-5-1-17(2-6-19)35(43)44)25-13-9-21-23-11-15-27(37(47)48)32-28(38(49)50)16-12-24(30(23)32)22-10-14-26(31(25)29(21)22)34(42)40-20-7-3-18(4-8-20)36(45)46/h1-16H,(H,39,41)(H,40,42)(H,43,44)(H,45,46)(H,47,48)(H,49,50). The van der Waals surface area contributed by atoms with Crippen LogP contribution in [0.3, 0.4) is 0 Å². The van der Waals surface area contributed by atoms with Crippen molar-refractivity contribution in [3.8, 4) is 0 Å². The molecule has 0 aliphatic heterocycles. The number of carboxylic acid groups (broad SMARTS) is 4. The summed E-state index contributed by atoms with van der Waals surface area (Å²) in [5, 5.41) is 47.2. The van der Waals surface area contributed by atoms with E-state index in [2.05, 4.69) is 10.6 Å². The van der Waals surface area contributed by atoms with Gasteiger partial charge in [0.25, 0.3) is 11.8 Å². The number of hydrogen-bond acceptors (Lipinski definition) is 6. The second-order valence-electron chi connectivity index (χ2n) is 11.4. The van der Waals surface area contributed by atoms with Gasteiger partial charge in [0, 0.05) is 33.3 Å². The first-order chi connectivity index (χ1) is 23.9. The summed E-state index contributed by atoms with van der Waals surface area (Å²) >= 11 is 0. The molecule has 0 saturated carbocycles. The van der Waals surface area contributed by atoms with Crippen LogP contribution in [0.2, 0.25) is 0 Å². The molecule has 0 unspecified atom stereocenters. The molecular formula is C38H22N2O10. The maximum absolute atomic E-state index is 13.9. The molecule has 0 bridgehead atoms. The highest BCUT2D eigenvalue weighted by atomic mass is 16.4. The minimum Gasteiger partial charge on any atom is -0.478 e. The lowest BCUT2D eigenvalue weighted by molar-refractivity contribution is 0.0683. The molecule has 244 valence electrons. The molecule has 12 heteroatoms. The van der Waals surface area contributed by atoms with Gasteiger partial charge in [-0.1, -0.05) is 24.3 Å². The molecule has 7 aromatic carbocycles. The van der Waals surface area contributed by atoms with Gasteiger partial charge in [0.2, 0.25) is 0 Å². The van der Waals surface area contributed by atoms with Crippen molar-refractivity contribution in [3.63, 3.8) is 0 Å². The summed E-state index contributed by atoms with van der Waals surface area (Å²) in [5.41, 5.74) is 0.404. The average Bonchev–Trinajstić information content (AvgIpc) is 3.09. The SMILES string of the molecule is O=C(O)c1ccc(NC(=O)c2ccc3c4ccc(C(=O)O)c5c(C(=O)O)ccc(c6ccc(C(=O)Nc7ccc(C(=O)O)cc7)c2c36)c54)cc1. The van der Waals surface area contributed by atoms with Crippen molar-refractivity contribution < 1.29 is 49.2 Å². The minimum absolute atomic E-state index is 0.0184. The summed E-state index contributed by atoms with van der Waals surface area (Å²) in [5.74, 6) is -6.12. The Morgan fingerprint density at radius 3 is 0.940 bits per heavy atom. The van der Waals surface area contributed by atoms with Crippen molar-refractivity contribution in [1.82, 2.24) is 0 Å². The Hall–Kier alpha value is -7.34. The van der Waals surface area contributed by atoms with Crippen LogP contribution in [-0.4, -0.2) is 56.1 Å².